The van der Waals surface area contributed by atoms with Crippen molar-refractivity contribution in [3.63, 3.8) is 0 Å². The standard InChI is InChI=1S/C22H29N3O5S/c1-24(2)18-8-6-17(7-9-18)16-23-22(26)5-4-12-25(31(3,27)28)19-10-11-20-21(15-19)30-14-13-29-20/h6-11,15H,4-5,12-14,16H2,1-3H3,(H,23,26). The van der Waals surface area contributed by atoms with E-state index in [4.69, 9.17) is 9.47 Å². The minimum absolute atomic E-state index is 0.118. The normalized spacial score (nSPS) is 12.9. The van der Waals surface area contributed by atoms with E-state index in [9.17, 15) is 13.2 Å². The number of amides is 1. The summed E-state index contributed by atoms with van der Waals surface area (Å²) >= 11 is 0. The van der Waals surface area contributed by atoms with Crippen LogP contribution in [0.2, 0.25) is 0 Å². The summed E-state index contributed by atoms with van der Waals surface area (Å²) in [5.74, 6) is 1.00. The lowest BCUT2D eigenvalue weighted by Gasteiger charge is -2.25. The van der Waals surface area contributed by atoms with Crippen LogP contribution in [-0.2, 0) is 21.4 Å². The number of carbonyl (C=O) groups excluding carboxylic acids is 1. The molecule has 168 valence electrons. The number of hydrogen-bond donors (Lipinski definition) is 1. The zero-order valence-electron chi connectivity index (χ0n) is 18.1. The molecule has 0 unspecified atom stereocenters. The van der Waals surface area contributed by atoms with Crippen molar-refractivity contribution >= 4 is 27.3 Å². The Morgan fingerprint density at radius 1 is 1.00 bits per heavy atom. The first kappa shape index (κ1) is 22.7. The smallest absolute Gasteiger partial charge is 0.232 e. The molecular formula is C22H29N3O5S. The minimum atomic E-state index is -3.51. The summed E-state index contributed by atoms with van der Waals surface area (Å²) in [6, 6.07) is 13.0. The molecule has 1 aliphatic rings. The van der Waals surface area contributed by atoms with Gasteiger partial charge in [0.05, 0.1) is 11.9 Å². The average Bonchev–Trinajstić information content (AvgIpc) is 2.74. The van der Waals surface area contributed by atoms with Gasteiger partial charge in [-0.2, -0.15) is 0 Å². The number of fused-ring (bicyclic) bond motifs is 1. The van der Waals surface area contributed by atoms with Gasteiger partial charge in [-0.1, -0.05) is 12.1 Å². The Balaban J connectivity index is 1.53. The van der Waals surface area contributed by atoms with E-state index >= 15 is 0 Å². The fourth-order valence-electron chi connectivity index (χ4n) is 3.26. The molecule has 0 saturated heterocycles. The summed E-state index contributed by atoms with van der Waals surface area (Å²) in [5, 5.41) is 2.88. The fraction of sp³-hybridized carbons (Fsp3) is 0.409. The van der Waals surface area contributed by atoms with Crippen LogP contribution in [0.3, 0.4) is 0 Å². The van der Waals surface area contributed by atoms with Gasteiger partial charge in [0.15, 0.2) is 11.5 Å². The van der Waals surface area contributed by atoms with E-state index in [-0.39, 0.29) is 18.9 Å². The van der Waals surface area contributed by atoms with Gasteiger partial charge in [-0.15, -0.1) is 0 Å². The molecular weight excluding hydrogens is 418 g/mol. The van der Waals surface area contributed by atoms with Gasteiger partial charge in [-0.05, 0) is 36.2 Å². The predicted molar refractivity (Wildman–Crippen MR) is 121 cm³/mol. The van der Waals surface area contributed by atoms with Gasteiger partial charge in [0.1, 0.15) is 13.2 Å². The van der Waals surface area contributed by atoms with Crippen molar-refractivity contribution in [2.45, 2.75) is 19.4 Å². The molecule has 9 heteroatoms. The Morgan fingerprint density at radius 2 is 1.65 bits per heavy atom. The number of carbonyl (C=O) groups is 1. The summed E-state index contributed by atoms with van der Waals surface area (Å²) in [6.07, 6.45) is 1.78. The largest absolute Gasteiger partial charge is 0.486 e. The molecule has 0 saturated carbocycles. The van der Waals surface area contributed by atoms with Gasteiger partial charge >= 0.3 is 0 Å². The molecule has 1 heterocycles. The SMILES string of the molecule is CN(C)c1ccc(CNC(=O)CCCN(c2ccc3c(c2)OCCO3)S(C)(=O)=O)cc1. The van der Waals surface area contributed by atoms with Crippen molar-refractivity contribution in [1.82, 2.24) is 5.32 Å². The van der Waals surface area contributed by atoms with Crippen molar-refractivity contribution in [3.8, 4) is 11.5 Å². The molecule has 0 aliphatic carbocycles. The molecule has 0 radical (unpaired) electrons. The summed E-state index contributed by atoms with van der Waals surface area (Å²) in [7, 11) is 0.440. The first-order chi connectivity index (χ1) is 14.7. The third kappa shape index (κ3) is 6.27. The zero-order chi connectivity index (χ0) is 22.4. The van der Waals surface area contributed by atoms with Crippen LogP contribution in [0.1, 0.15) is 18.4 Å². The molecule has 0 bridgehead atoms. The number of hydrogen-bond acceptors (Lipinski definition) is 6. The molecule has 0 fully saturated rings. The van der Waals surface area contributed by atoms with E-state index in [0.717, 1.165) is 17.5 Å². The maximum atomic E-state index is 12.3. The molecule has 3 rings (SSSR count). The molecule has 0 atom stereocenters. The highest BCUT2D eigenvalue weighted by Crippen LogP contribution is 2.34. The maximum Gasteiger partial charge on any atom is 0.232 e. The first-order valence-corrected chi connectivity index (χ1v) is 12.0. The topological polar surface area (TPSA) is 88.2 Å². The molecule has 2 aromatic rings. The van der Waals surface area contributed by atoms with Crippen LogP contribution in [0.4, 0.5) is 11.4 Å². The lowest BCUT2D eigenvalue weighted by molar-refractivity contribution is -0.121. The fourth-order valence-corrected chi connectivity index (χ4v) is 4.22. The number of nitrogens with zero attached hydrogens (tertiary/aromatic N) is 2. The molecule has 2 aromatic carbocycles. The summed E-state index contributed by atoms with van der Waals surface area (Å²) in [6.45, 7) is 1.53. The third-order valence-corrected chi connectivity index (χ3v) is 6.12. The van der Waals surface area contributed by atoms with E-state index in [1.165, 1.54) is 4.31 Å². The van der Waals surface area contributed by atoms with E-state index in [2.05, 4.69) is 5.32 Å². The Labute approximate surface area is 183 Å². The Kier molecular flexibility index (Phi) is 7.27. The van der Waals surface area contributed by atoms with E-state index in [0.29, 0.717) is 43.4 Å². The highest BCUT2D eigenvalue weighted by Gasteiger charge is 2.21. The number of rotatable bonds is 9. The van der Waals surface area contributed by atoms with E-state index in [1.54, 1.807) is 18.2 Å². The Morgan fingerprint density at radius 3 is 2.29 bits per heavy atom. The van der Waals surface area contributed by atoms with Gasteiger partial charge in [0.25, 0.3) is 0 Å². The molecule has 0 aromatic heterocycles. The molecule has 0 spiro atoms. The highest BCUT2D eigenvalue weighted by molar-refractivity contribution is 7.92. The predicted octanol–water partition coefficient (Wildman–Crippen LogP) is 2.39. The minimum Gasteiger partial charge on any atom is -0.486 e. The van der Waals surface area contributed by atoms with Crippen molar-refractivity contribution in [2.24, 2.45) is 0 Å². The molecule has 1 aliphatic heterocycles. The van der Waals surface area contributed by atoms with Crippen LogP contribution < -0.4 is 24.0 Å². The van der Waals surface area contributed by atoms with Crippen molar-refractivity contribution in [2.75, 3.05) is 49.3 Å². The number of benzene rings is 2. The molecule has 8 nitrogen and oxygen atoms in total. The number of sulfonamides is 1. The lowest BCUT2D eigenvalue weighted by Crippen LogP contribution is -2.32. The van der Waals surface area contributed by atoms with Gasteiger partial charge < -0.3 is 19.7 Å². The summed E-state index contributed by atoms with van der Waals surface area (Å²) in [5.41, 5.74) is 2.59. The van der Waals surface area contributed by atoms with Crippen LogP contribution >= 0.6 is 0 Å². The lowest BCUT2D eigenvalue weighted by atomic mass is 10.2. The van der Waals surface area contributed by atoms with Crippen molar-refractivity contribution in [3.05, 3.63) is 48.0 Å². The van der Waals surface area contributed by atoms with E-state index in [1.807, 2.05) is 43.3 Å². The van der Waals surface area contributed by atoms with Crippen LogP contribution in [0, 0.1) is 0 Å². The zero-order valence-corrected chi connectivity index (χ0v) is 18.9. The second kappa shape index (κ2) is 9.91. The van der Waals surface area contributed by atoms with Gasteiger partial charge in [-0.25, -0.2) is 8.42 Å². The van der Waals surface area contributed by atoms with Crippen LogP contribution in [-0.4, -0.2) is 54.4 Å². The summed E-state index contributed by atoms with van der Waals surface area (Å²) < 4.78 is 37.0. The van der Waals surface area contributed by atoms with E-state index < -0.39 is 10.0 Å². The monoisotopic (exact) mass is 447 g/mol. The first-order valence-electron chi connectivity index (χ1n) is 10.1. The quantitative estimate of drug-likeness (QED) is 0.635. The highest BCUT2D eigenvalue weighted by atomic mass is 32.2. The Bertz CT molecular complexity index is 1010. The van der Waals surface area contributed by atoms with Crippen molar-refractivity contribution < 1.29 is 22.7 Å². The average molecular weight is 448 g/mol. The molecule has 1 N–H and O–H groups in total. The molecule has 1 amide bonds. The second-order valence-corrected chi connectivity index (χ2v) is 9.51. The molecule has 31 heavy (non-hydrogen) atoms. The maximum absolute atomic E-state index is 12.3. The van der Waals surface area contributed by atoms with Gasteiger partial charge in [-0.3, -0.25) is 9.10 Å². The van der Waals surface area contributed by atoms with Crippen LogP contribution in [0.15, 0.2) is 42.5 Å². The Hall–Kier alpha value is -2.94. The summed E-state index contributed by atoms with van der Waals surface area (Å²) in [4.78, 5) is 14.2. The van der Waals surface area contributed by atoms with Crippen molar-refractivity contribution in [1.29, 1.82) is 0 Å². The van der Waals surface area contributed by atoms with Crippen LogP contribution in [0.25, 0.3) is 0 Å². The number of anilines is 2. The number of ether oxygens (including phenoxy) is 2. The van der Waals surface area contributed by atoms with Crippen LogP contribution in [0.5, 0.6) is 11.5 Å². The third-order valence-electron chi connectivity index (χ3n) is 4.92. The second-order valence-electron chi connectivity index (χ2n) is 7.60. The number of nitrogens with one attached hydrogen (secondary N) is 1. The van der Waals surface area contributed by atoms with Gasteiger partial charge in [0, 0.05) is 45.4 Å². The van der Waals surface area contributed by atoms with Gasteiger partial charge in [0.2, 0.25) is 15.9 Å².